The first-order valence-electron chi connectivity index (χ1n) is 3.67. The molecule has 0 heterocycles. The van der Waals surface area contributed by atoms with Crippen LogP contribution in [0, 0.1) is 10.1 Å². The lowest BCUT2D eigenvalue weighted by Crippen LogP contribution is -1.97. The standard InChI is InChI=1S/C8H12BrNO2/c1-4-7(9)5-8(6(2)3)10(11)12/h5H,4H2,1-3H3/b7-5+. The van der Waals surface area contributed by atoms with Crippen molar-refractivity contribution >= 4 is 15.9 Å². The zero-order chi connectivity index (χ0) is 9.72. The summed E-state index contributed by atoms with van der Waals surface area (Å²) in [5.41, 5.74) is 0.883. The van der Waals surface area contributed by atoms with Gasteiger partial charge in [0, 0.05) is 16.1 Å². The van der Waals surface area contributed by atoms with Crippen LogP contribution in [-0.4, -0.2) is 4.92 Å². The number of hydrogen-bond donors (Lipinski definition) is 0. The molecule has 68 valence electrons. The minimum atomic E-state index is -0.369. The summed E-state index contributed by atoms with van der Waals surface area (Å²) in [5, 5.41) is 10.5. The van der Waals surface area contributed by atoms with Crippen LogP contribution in [0.5, 0.6) is 0 Å². The highest BCUT2D eigenvalue weighted by Gasteiger charge is 2.09. The molecule has 0 spiro atoms. The molecule has 0 unspecified atom stereocenters. The second kappa shape index (κ2) is 5.09. The van der Waals surface area contributed by atoms with Gasteiger partial charge < -0.3 is 0 Å². The van der Waals surface area contributed by atoms with Crippen LogP contribution in [0.2, 0.25) is 0 Å². The number of hydrogen-bond acceptors (Lipinski definition) is 2. The van der Waals surface area contributed by atoms with E-state index >= 15 is 0 Å². The Hall–Kier alpha value is -0.640. The lowest BCUT2D eigenvalue weighted by Gasteiger charge is -1.95. The van der Waals surface area contributed by atoms with E-state index in [1.807, 2.05) is 6.92 Å². The van der Waals surface area contributed by atoms with E-state index in [1.165, 1.54) is 0 Å². The summed E-state index contributed by atoms with van der Waals surface area (Å²) >= 11 is 3.24. The van der Waals surface area contributed by atoms with E-state index in [1.54, 1.807) is 19.9 Å². The zero-order valence-corrected chi connectivity index (χ0v) is 9.01. The van der Waals surface area contributed by atoms with Crippen LogP contribution in [0.1, 0.15) is 27.2 Å². The number of nitrogens with zero attached hydrogens (tertiary/aromatic N) is 1. The van der Waals surface area contributed by atoms with Crippen molar-refractivity contribution < 1.29 is 4.92 Å². The first-order chi connectivity index (χ1) is 5.49. The van der Waals surface area contributed by atoms with E-state index in [0.29, 0.717) is 5.57 Å². The largest absolute Gasteiger partial charge is 0.268 e. The van der Waals surface area contributed by atoms with Gasteiger partial charge in [0.25, 0.3) is 5.70 Å². The van der Waals surface area contributed by atoms with Gasteiger partial charge in [0.2, 0.25) is 0 Å². The van der Waals surface area contributed by atoms with Crippen molar-refractivity contribution in [2.75, 3.05) is 0 Å². The van der Waals surface area contributed by atoms with Gasteiger partial charge >= 0.3 is 0 Å². The Balaban J connectivity index is 4.82. The third-order valence-electron chi connectivity index (χ3n) is 1.34. The summed E-state index contributed by atoms with van der Waals surface area (Å²) in [6, 6.07) is 0. The highest BCUT2D eigenvalue weighted by Crippen LogP contribution is 2.15. The van der Waals surface area contributed by atoms with Crippen LogP contribution in [0.3, 0.4) is 0 Å². The van der Waals surface area contributed by atoms with Gasteiger partial charge in [-0.2, -0.15) is 0 Å². The number of allylic oxidation sites excluding steroid dienone is 3. The van der Waals surface area contributed by atoms with Gasteiger partial charge in [-0.25, -0.2) is 0 Å². The highest BCUT2D eigenvalue weighted by atomic mass is 79.9. The Kier molecular flexibility index (Phi) is 4.81. The van der Waals surface area contributed by atoms with Gasteiger partial charge in [0.15, 0.2) is 0 Å². The average Bonchev–Trinajstić information content (AvgIpc) is 1.98. The predicted octanol–water partition coefficient (Wildman–Crippen LogP) is 3.25. The van der Waals surface area contributed by atoms with Gasteiger partial charge in [-0.15, -0.1) is 0 Å². The van der Waals surface area contributed by atoms with Crippen LogP contribution < -0.4 is 0 Å². The molecular formula is C8H12BrNO2. The maximum atomic E-state index is 10.5. The van der Waals surface area contributed by atoms with E-state index in [2.05, 4.69) is 15.9 Å². The Morgan fingerprint density at radius 3 is 2.33 bits per heavy atom. The predicted molar refractivity (Wildman–Crippen MR) is 52.7 cm³/mol. The molecule has 0 aromatic heterocycles. The zero-order valence-electron chi connectivity index (χ0n) is 7.43. The first kappa shape index (κ1) is 11.4. The maximum Gasteiger partial charge on any atom is 0.268 e. The summed E-state index contributed by atoms with van der Waals surface area (Å²) in [5.74, 6) is 0. The number of nitro groups is 1. The summed E-state index contributed by atoms with van der Waals surface area (Å²) in [4.78, 5) is 10.1. The topological polar surface area (TPSA) is 43.1 Å². The summed E-state index contributed by atoms with van der Waals surface area (Å²) < 4.78 is 0.843. The minimum absolute atomic E-state index is 0.170. The van der Waals surface area contributed by atoms with E-state index < -0.39 is 0 Å². The molecule has 0 aromatic carbocycles. The van der Waals surface area contributed by atoms with Crippen molar-refractivity contribution in [2.24, 2.45) is 0 Å². The van der Waals surface area contributed by atoms with Gasteiger partial charge in [-0.3, -0.25) is 10.1 Å². The van der Waals surface area contributed by atoms with Crippen LogP contribution in [0.15, 0.2) is 21.8 Å². The normalized spacial score (nSPS) is 11.2. The van der Waals surface area contributed by atoms with Crippen molar-refractivity contribution in [1.82, 2.24) is 0 Å². The molecule has 0 atom stereocenters. The fourth-order valence-corrected chi connectivity index (χ4v) is 0.847. The molecule has 0 saturated carbocycles. The second-order valence-corrected chi connectivity index (χ2v) is 3.61. The smallest absolute Gasteiger partial charge is 0.258 e. The Morgan fingerprint density at radius 1 is 1.58 bits per heavy atom. The van der Waals surface area contributed by atoms with Gasteiger partial charge in [-0.1, -0.05) is 22.9 Å². The molecular weight excluding hydrogens is 222 g/mol. The van der Waals surface area contributed by atoms with Crippen molar-refractivity contribution in [2.45, 2.75) is 27.2 Å². The van der Waals surface area contributed by atoms with Gasteiger partial charge in [0.1, 0.15) is 0 Å². The molecule has 0 rings (SSSR count). The van der Waals surface area contributed by atoms with Crippen molar-refractivity contribution in [1.29, 1.82) is 0 Å². The molecule has 0 aromatic rings. The molecule has 0 aliphatic carbocycles. The lowest BCUT2D eigenvalue weighted by molar-refractivity contribution is -0.420. The summed E-state index contributed by atoms with van der Waals surface area (Å²) in [6.07, 6.45) is 2.32. The molecule has 0 bridgehead atoms. The molecule has 0 aliphatic rings. The Bertz CT molecular complexity index is 239. The second-order valence-electron chi connectivity index (χ2n) is 2.59. The lowest BCUT2D eigenvalue weighted by atomic mass is 10.2. The molecule has 0 aliphatic heterocycles. The Morgan fingerprint density at radius 2 is 2.08 bits per heavy atom. The Labute approximate surface area is 80.4 Å². The van der Waals surface area contributed by atoms with Gasteiger partial charge in [0.05, 0.1) is 4.92 Å². The molecule has 0 fully saturated rings. The molecule has 0 N–H and O–H groups in total. The van der Waals surface area contributed by atoms with Crippen LogP contribution >= 0.6 is 15.9 Å². The molecule has 0 radical (unpaired) electrons. The molecule has 0 amide bonds. The van der Waals surface area contributed by atoms with E-state index in [-0.39, 0.29) is 10.6 Å². The third-order valence-corrected chi connectivity index (χ3v) is 2.13. The summed E-state index contributed by atoms with van der Waals surface area (Å²) in [7, 11) is 0. The third kappa shape index (κ3) is 3.67. The maximum absolute atomic E-state index is 10.5. The quantitative estimate of drug-likeness (QED) is 0.427. The molecule has 0 saturated heterocycles. The first-order valence-corrected chi connectivity index (χ1v) is 4.46. The SMILES string of the molecule is CC/C(Br)=C\C(=C(C)C)[N+](=O)[O-]. The van der Waals surface area contributed by atoms with E-state index in [4.69, 9.17) is 0 Å². The number of rotatable bonds is 3. The fourth-order valence-electron chi connectivity index (χ4n) is 0.630. The highest BCUT2D eigenvalue weighted by molar-refractivity contribution is 9.11. The number of halogens is 1. The molecule has 4 heteroatoms. The van der Waals surface area contributed by atoms with Gasteiger partial charge in [-0.05, 0) is 20.3 Å². The van der Waals surface area contributed by atoms with Crippen molar-refractivity contribution in [3.05, 3.63) is 31.9 Å². The van der Waals surface area contributed by atoms with Crippen LogP contribution in [-0.2, 0) is 0 Å². The average molecular weight is 234 g/mol. The van der Waals surface area contributed by atoms with Crippen molar-refractivity contribution in [3.8, 4) is 0 Å². The van der Waals surface area contributed by atoms with Crippen molar-refractivity contribution in [3.63, 3.8) is 0 Å². The fraction of sp³-hybridized carbons (Fsp3) is 0.500. The van der Waals surface area contributed by atoms with Crippen LogP contribution in [0.4, 0.5) is 0 Å². The monoisotopic (exact) mass is 233 g/mol. The van der Waals surface area contributed by atoms with Crippen LogP contribution in [0.25, 0.3) is 0 Å². The van der Waals surface area contributed by atoms with E-state index in [9.17, 15) is 10.1 Å². The minimum Gasteiger partial charge on any atom is -0.258 e. The summed E-state index contributed by atoms with van der Waals surface area (Å²) in [6.45, 7) is 5.39. The molecule has 12 heavy (non-hydrogen) atoms. The molecule has 3 nitrogen and oxygen atoms in total. The van der Waals surface area contributed by atoms with E-state index in [0.717, 1.165) is 10.9 Å².